The van der Waals surface area contributed by atoms with Crippen molar-refractivity contribution in [2.75, 3.05) is 33.8 Å². The second-order valence-corrected chi connectivity index (χ2v) is 6.62. The van der Waals surface area contributed by atoms with Crippen LogP contribution in [-0.4, -0.2) is 56.7 Å². The lowest BCUT2D eigenvalue weighted by atomic mass is 10.0. The van der Waals surface area contributed by atoms with E-state index in [0.29, 0.717) is 29.7 Å². The summed E-state index contributed by atoms with van der Waals surface area (Å²) in [6.07, 6.45) is 5.17. The molecule has 1 aromatic rings. The summed E-state index contributed by atoms with van der Waals surface area (Å²) in [7, 11) is 3.11. The van der Waals surface area contributed by atoms with E-state index in [9.17, 15) is 4.79 Å². The normalized spacial score (nSPS) is 17.9. The Hall–Kier alpha value is -1.29. The lowest BCUT2D eigenvalue weighted by molar-refractivity contribution is 0.0599. The lowest BCUT2D eigenvalue weighted by Crippen LogP contribution is -2.45. The summed E-state index contributed by atoms with van der Waals surface area (Å²) in [5.74, 6) is 1.58. The first-order valence-corrected chi connectivity index (χ1v) is 9.45. The number of methoxy groups -OCH3 is 1. The Morgan fingerprint density at radius 3 is 2.85 bits per heavy atom. The predicted octanol–water partition coefficient (Wildman–Crippen LogP) is 2.92. The van der Waals surface area contributed by atoms with Crippen LogP contribution in [-0.2, 0) is 11.3 Å². The number of ether oxygens (including phenoxy) is 1. The van der Waals surface area contributed by atoms with Gasteiger partial charge < -0.3 is 19.8 Å². The number of likely N-dealkylation sites (tertiary alicyclic amines) is 1. The van der Waals surface area contributed by atoms with Gasteiger partial charge in [0.15, 0.2) is 5.96 Å². The minimum absolute atomic E-state index is 0. The number of carbonyl (C=O) groups is 1. The van der Waals surface area contributed by atoms with Crippen LogP contribution in [0.15, 0.2) is 15.5 Å². The molecule has 2 N–H and O–H groups in total. The van der Waals surface area contributed by atoms with Gasteiger partial charge in [-0.15, -0.1) is 24.0 Å². The fourth-order valence-electron chi connectivity index (χ4n) is 3.47. The average Bonchev–Trinajstić information content (AvgIpc) is 3.04. The summed E-state index contributed by atoms with van der Waals surface area (Å²) >= 11 is 0. The molecule has 2 rings (SSSR count). The Bertz CT molecular complexity index is 618. The first-order chi connectivity index (χ1) is 12.6. The number of nitrogens with zero attached hydrogens (tertiary/aromatic N) is 2. The van der Waals surface area contributed by atoms with Gasteiger partial charge in [-0.25, -0.2) is 4.79 Å². The number of rotatable bonds is 7. The van der Waals surface area contributed by atoms with Gasteiger partial charge in [-0.1, -0.05) is 13.3 Å². The van der Waals surface area contributed by atoms with Gasteiger partial charge >= 0.3 is 5.97 Å². The molecule has 27 heavy (non-hydrogen) atoms. The zero-order valence-corrected chi connectivity index (χ0v) is 19.2. The van der Waals surface area contributed by atoms with E-state index in [4.69, 9.17) is 9.15 Å². The number of furan rings is 1. The number of hydrogen-bond donors (Lipinski definition) is 2. The molecule has 1 fully saturated rings. The first kappa shape index (κ1) is 23.7. The molecule has 2 heterocycles. The van der Waals surface area contributed by atoms with Crippen LogP contribution >= 0.6 is 24.0 Å². The third-order valence-corrected chi connectivity index (χ3v) is 4.94. The lowest BCUT2D eigenvalue weighted by Gasteiger charge is -2.35. The first-order valence-electron chi connectivity index (χ1n) is 9.45. The van der Waals surface area contributed by atoms with E-state index in [2.05, 4.69) is 27.4 Å². The molecule has 1 atom stereocenters. The summed E-state index contributed by atoms with van der Waals surface area (Å²) in [5.41, 5.74) is 0.461. The number of esters is 1. The van der Waals surface area contributed by atoms with Crippen LogP contribution in [0, 0.1) is 6.92 Å². The molecule has 1 saturated heterocycles. The highest BCUT2D eigenvalue weighted by atomic mass is 127. The van der Waals surface area contributed by atoms with E-state index >= 15 is 0 Å². The molecule has 1 aliphatic rings. The SMILES string of the molecule is CCC1CCCCN1CCNC(=NC)NCc1cc(C(=O)OC)c(C)o1.I. The van der Waals surface area contributed by atoms with Gasteiger partial charge in [0.05, 0.1) is 13.7 Å². The van der Waals surface area contributed by atoms with Crippen molar-refractivity contribution in [3.05, 3.63) is 23.2 Å². The highest BCUT2D eigenvalue weighted by molar-refractivity contribution is 14.0. The highest BCUT2D eigenvalue weighted by Crippen LogP contribution is 2.18. The molecule has 0 bridgehead atoms. The van der Waals surface area contributed by atoms with Gasteiger partial charge in [-0.3, -0.25) is 9.89 Å². The number of nitrogens with one attached hydrogen (secondary N) is 2. The van der Waals surface area contributed by atoms with Gasteiger partial charge in [0, 0.05) is 26.2 Å². The molecule has 1 aromatic heterocycles. The van der Waals surface area contributed by atoms with E-state index in [0.717, 1.165) is 19.0 Å². The molecule has 0 spiro atoms. The third-order valence-electron chi connectivity index (χ3n) is 4.94. The molecule has 0 radical (unpaired) electrons. The molecule has 0 saturated carbocycles. The van der Waals surface area contributed by atoms with Crippen LogP contribution in [0.5, 0.6) is 0 Å². The predicted molar refractivity (Wildman–Crippen MR) is 118 cm³/mol. The number of guanidine groups is 1. The largest absolute Gasteiger partial charge is 0.465 e. The fraction of sp³-hybridized carbons (Fsp3) is 0.684. The number of halogens is 1. The summed E-state index contributed by atoms with van der Waals surface area (Å²) in [4.78, 5) is 18.5. The van der Waals surface area contributed by atoms with Crippen LogP contribution < -0.4 is 10.6 Å². The maximum Gasteiger partial charge on any atom is 0.341 e. The Balaban J connectivity index is 0.00000364. The van der Waals surface area contributed by atoms with Crippen molar-refractivity contribution in [2.45, 2.75) is 52.1 Å². The summed E-state index contributed by atoms with van der Waals surface area (Å²) in [5, 5.41) is 6.57. The summed E-state index contributed by atoms with van der Waals surface area (Å²) < 4.78 is 10.4. The van der Waals surface area contributed by atoms with E-state index < -0.39 is 0 Å². The zero-order chi connectivity index (χ0) is 18.9. The molecule has 0 aliphatic carbocycles. The van der Waals surface area contributed by atoms with Crippen LogP contribution in [0.1, 0.15) is 54.5 Å². The molecule has 0 aromatic carbocycles. The van der Waals surface area contributed by atoms with Gasteiger partial charge in [0.25, 0.3) is 0 Å². The summed E-state index contributed by atoms with van der Waals surface area (Å²) in [6.45, 7) is 7.54. The van der Waals surface area contributed by atoms with Crippen molar-refractivity contribution < 1.29 is 13.9 Å². The molecule has 1 unspecified atom stereocenters. The second-order valence-electron chi connectivity index (χ2n) is 6.62. The maximum atomic E-state index is 11.6. The standard InChI is InChI=1S/C19H32N4O3.HI/c1-5-15-8-6-7-10-23(15)11-9-21-19(20-3)22-13-16-12-17(14(2)26-16)18(24)25-4;/h12,15H,5-11,13H2,1-4H3,(H2,20,21,22);1H. The number of aryl methyl sites for hydroxylation is 1. The number of piperidine rings is 1. The highest BCUT2D eigenvalue weighted by Gasteiger charge is 2.20. The molecular weight excluding hydrogens is 459 g/mol. The van der Waals surface area contributed by atoms with Gasteiger partial charge in [-0.2, -0.15) is 0 Å². The van der Waals surface area contributed by atoms with Crippen molar-refractivity contribution in [1.82, 2.24) is 15.5 Å². The van der Waals surface area contributed by atoms with Crippen molar-refractivity contribution in [3.8, 4) is 0 Å². The van der Waals surface area contributed by atoms with E-state index in [1.54, 1.807) is 20.0 Å². The number of hydrogen-bond acceptors (Lipinski definition) is 5. The van der Waals surface area contributed by atoms with Crippen molar-refractivity contribution in [3.63, 3.8) is 0 Å². The van der Waals surface area contributed by atoms with Gasteiger partial charge in [0.2, 0.25) is 0 Å². The number of carbonyl (C=O) groups excluding carboxylic acids is 1. The smallest absolute Gasteiger partial charge is 0.341 e. The molecule has 1 aliphatic heterocycles. The topological polar surface area (TPSA) is 79.1 Å². The zero-order valence-electron chi connectivity index (χ0n) is 16.8. The average molecular weight is 492 g/mol. The molecular formula is C19H33IN4O3. The Morgan fingerprint density at radius 2 is 2.19 bits per heavy atom. The van der Waals surface area contributed by atoms with Gasteiger partial charge in [-0.05, 0) is 38.8 Å². The molecule has 7 nitrogen and oxygen atoms in total. The monoisotopic (exact) mass is 492 g/mol. The van der Waals surface area contributed by atoms with Crippen LogP contribution in [0.25, 0.3) is 0 Å². The molecule has 154 valence electrons. The minimum atomic E-state index is -0.382. The van der Waals surface area contributed by atoms with E-state index in [-0.39, 0.29) is 29.9 Å². The van der Waals surface area contributed by atoms with Crippen LogP contribution in [0.4, 0.5) is 0 Å². The van der Waals surface area contributed by atoms with E-state index in [1.165, 1.54) is 39.3 Å². The van der Waals surface area contributed by atoms with Gasteiger partial charge in [0.1, 0.15) is 17.1 Å². The Kier molecular flexibility index (Phi) is 10.8. The Labute approximate surface area is 179 Å². The summed E-state index contributed by atoms with van der Waals surface area (Å²) in [6, 6.07) is 2.42. The molecule has 0 amide bonds. The van der Waals surface area contributed by atoms with E-state index in [1.807, 2.05) is 0 Å². The second kappa shape index (κ2) is 12.2. The third kappa shape index (κ3) is 6.99. The number of aliphatic imine (C=N–C) groups is 1. The minimum Gasteiger partial charge on any atom is -0.465 e. The maximum absolute atomic E-state index is 11.6. The molecule has 8 heteroatoms. The Morgan fingerprint density at radius 1 is 1.41 bits per heavy atom. The van der Waals surface area contributed by atoms with Crippen molar-refractivity contribution in [1.29, 1.82) is 0 Å². The van der Waals surface area contributed by atoms with Crippen LogP contribution in [0.2, 0.25) is 0 Å². The van der Waals surface area contributed by atoms with Crippen LogP contribution in [0.3, 0.4) is 0 Å². The fourth-order valence-corrected chi connectivity index (χ4v) is 3.47. The van der Waals surface area contributed by atoms with Crippen molar-refractivity contribution >= 4 is 35.9 Å². The van der Waals surface area contributed by atoms with Crippen molar-refractivity contribution in [2.24, 2.45) is 4.99 Å². The quantitative estimate of drug-likeness (QED) is 0.264.